The van der Waals surface area contributed by atoms with Crippen LogP contribution in [0, 0.1) is 11.6 Å². The molecule has 0 bridgehead atoms. The van der Waals surface area contributed by atoms with Gasteiger partial charge >= 0.3 is 0 Å². The minimum atomic E-state index is -1.65. The predicted molar refractivity (Wildman–Crippen MR) is 56.2 cm³/mol. The molecule has 1 aromatic rings. The molecule has 1 rings (SSSR count). The molecule has 0 heterocycles. The molecule has 0 aromatic heterocycles. The molecule has 0 fully saturated rings. The van der Waals surface area contributed by atoms with E-state index >= 15 is 0 Å². The number of benzene rings is 1. The van der Waals surface area contributed by atoms with Crippen molar-refractivity contribution in [2.75, 3.05) is 5.75 Å². The standard InChI is InChI=1S/C9H9ClF2O2S/c10-4-1-5(11)8(6(12)2-4)9(14)7(13)3-15/h1-2,7,9,13-15H,3H2. The summed E-state index contributed by atoms with van der Waals surface area (Å²) in [5.74, 6) is -2.09. The number of aliphatic hydroxyl groups excluding tert-OH is 2. The Morgan fingerprint density at radius 3 is 2.13 bits per heavy atom. The lowest BCUT2D eigenvalue weighted by atomic mass is 10.0. The average molecular weight is 255 g/mol. The van der Waals surface area contributed by atoms with Gasteiger partial charge in [0.2, 0.25) is 0 Å². The van der Waals surface area contributed by atoms with Crippen LogP contribution in [0.1, 0.15) is 11.7 Å². The highest BCUT2D eigenvalue weighted by molar-refractivity contribution is 7.80. The molecule has 2 atom stereocenters. The second-order valence-corrected chi connectivity index (χ2v) is 3.78. The summed E-state index contributed by atoms with van der Waals surface area (Å²) in [5, 5.41) is 18.5. The van der Waals surface area contributed by atoms with Gasteiger partial charge in [-0.1, -0.05) is 11.6 Å². The minimum absolute atomic E-state index is 0.108. The molecular formula is C9H9ClF2O2S. The van der Waals surface area contributed by atoms with Crippen LogP contribution in [0.3, 0.4) is 0 Å². The van der Waals surface area contributed by atoms with Crippen molar-refractivity contribution < 1.29 is 19.0 Å². The normalized spacial score (nSPS) is 15.1. The van der Waals surface area contributed by atoms with Gasteiger partial charge in [-0.25, -0.2) is 8.78 Å². The molecule has 84 valence electrons. The van der Waals surface area contributed by atoms with Crippen molar-refractivity contribution in [1.29, 1.82) is 0 Å². The Morgan fingerprint density at radius 2 is 1.73 bits per heavy atom. The van der Waals surface area contributed by atoms with Gasteiger partial charge in [-0.2, -0.15) is 12.6 Å². The Hall–Kier alpha value is -0.360. The SMILES string of the molecule is OC(CS)C(O)c1c(F)cc(Cl)cc1F. The molecule has 2 N–H and O–H groups in total. The third kappa shape index (κ3) is 2.81. The molecule has 1 aromatic carbocycles. The summed E-state index contributed by atoms with van der Waals surface area (Å²) in [5.41, 5.74) is -0.596. The summed E-state index contributed by atoms with van der Waals surface area (Å²) in [6.07, 6.45) is -2.99. The smallest absolute Gasteiger partial charge is 0.133 e. The van der Waals surface area contributed by atoms with E-state index in [1.165, 1.54) is 0 Å². The van der Waals surface area contributed by atoms with E-state index in [1.54, 1.807) is 0 Å². The zero-order chi connectivity index (χ0) is 11.6. The first kappa shape index (κ1) is 12.7. The molecule has 0 aliphatic heterocycles. The number of halogens is 3. The van der Waals surface area contributed by atoms with E-state index in [0.29, 0.717) is 0 Å². The summed E-state index contributed by atoms with van der Waals surface area (Å²) in [4.78, 5) is 0. The molecule has 0 amide bonds. The van der Waals surface area contributed by atoms with Crippen LogP contribution in [0.4, 0.5) is 8.78 Å². The Morgan fingerprint density at radius 1 is 1.27 bits per heavy atom. The van der Waals surface area contributed by atoms with Crippen LogP contribution in [0.25, 0.3) is 0 Å². The van der Waals surface area contributed by atoms with E-state index in [0.717, 1.165) is 12.1 Å². The number of hydrogen-bond donors (Lipinski definition) is 3. The first-order valence-corrected chi connectivity index (χ1v) is 5.09. The lowest BCUT2D eigenvalue weighted by Crippen LogP contribution is -2.22. The molecule has 0 saturated heterocycles. The maximum atomic E-state index is 13.2. The molecule has 0 saturated carbocycles. The van der Waals surface area contributed by atoms with Crippen LogP contribution in [0.15, 0.2) is 12.1 Å². The third-order valence-corrected chi connectivity index (χ3v) is 2.48. The number of hydrogen-bond acceptors (Lipinski definition) is 3. The molecule has 0 aliphatic carbocycles. The van der Waals surface area contributed by atoms with Gasteiger partial charge in [-0.3, -0.25) is 0 Å². The van der Waals surface area contributed by atoms with Crippen molar-refractivity contribution in [3.63, 3.8) is 0 Å². The molecule has 0 aliphatic rings. The first-order valence-electron chi connectivity index (χ1n) is 4.08. The number of rotatable bonds is 3. The van der Waals surface area contributed by atoms with Gasteiger partial charge in [-0.05, 0) is 12.1 Å². The maximum absolute atomic E-state index is 13.2. The van der Waals surface area contributed by atoms with Crippen molar-refractivity contribution >= 4 is 24.2 Å². The van der Waals surface area contributed by atoms with E-state index in [2.05, 4.69) is 12.6 Å². The highest BCUT2D eigenvalue weighted by atomic mass is 35.5. The van der Waals surface area contributed by atoms with Crippen LogP contribution >= 0.6 is 24.2 Å². The molecular weight excluding hydrogens is 246 g/mol. The van der Waals surface area contributed by atoms with Crippen molar-refractivity contribution in [3.8, 4) is 0 Å². The Balaban J connectivity index is 3.13. The fourth-order valence-corrected chi connectivity index (χ4v) is 1.52. The average Bonchev–Trinajstić information content (AvgIpc) is 2.14. The summed E-state index contributed by atoms with van der Waals surface area (Å²) < 4.78 is 26.5. The van der Waals surface area contributed by atoms with Crippen molar-refractivity contribution in [2.24, 2.45) is 0 Å². The highest BCUT2D eigenvalue weighted by Crippen LogP contribution is 2.26. The molecule has 0 radical (unpaired) electrons. The Bertz CT molecular complexity index is 339. The zero-order valence-electron chi connectivity index (χ0n) is 7.49. The lowest BCUT2D eigenvalue weighted by Gasteiger charge is -2.17. The second kappa shape index (κ2) is 5.12. The summed E-state index contributed by atoms with van der Waals surface area (Å²) in [6.45, 7) is 0. The van der Waals surface area contributed by atoms with Crippen LogP contribution in [-0.4, -0.2) is 22.1 Å². The van der Waals surface area contributed by atoms with Gasteiger partial charge in [0, 0.05) is 10.8 Å². The fourth-order valence-electron chi connectivity index (χ4n) is 1.13. The highest BCUT2D eigenvalue weighted by Gasteiger charge is 2.24. The van der Waals surface area contributed by atoms with E-state index < -0.39 is 29.4 Å². The monoisotopic (exact) mass is 254 g/mol. The quantitative estimate of drug-likeness (QED) is 0.722. The largest absolute Gasteiger partial charge is 0.389 e. The van der Waals surface area contributed by atoms with Crippen LogP contribution in [0.5, 0.6) is 0 Å². The second-order valence-electron chi connectivity index (χ2n) is 2.98. The van der Waals surface area contributed by atoms with Crippen LogP contribution in [0.2, 0.25) is 5.02 Å². The van der Waals surface area contributed by atoms with Gasteiger partial charge < -0.3 is 10.2 Å². The fraction of sp³-hybridized carbons (Fsp3) is 0.333. The number of thiol groups is 1. The molecule has 0 spiro atoms. The molecule has 6 heteroatoms. The van der Waals surface area contributed by atoms with Gasteiger partial charge in [0.25, 0.3) is 0 Å². The van der Waals surface area contributed by atoms with E-state index in [-0.39, 0.29) is 10.8 Å². The third-order valence-electron chi connectivity index (χ3n) is 1.89. The zero-order valence-corrected chi connectivity index (χ0v) is 9.14. The number of aliphatic hydroxyl groups is 2. The van der Waals surface area contributed by atoms with Gasteiger partial charge in [-0.15, -0.1) is 0 Å². The van der Waals surface area contributed by atoms with Crippen LogP contribution in [-0.2, 0) is 0 Å². The van der Waals surface area contributed by atoms with Gasteiger partial charge in [0.05, 0.1) is 11.7 Å². The summed E-state index contributed by atoms with van der Waals surface area (Å²) in [6, 6.07) is 1.74. The van der Waals surface area contributed by atoms with E-state index in [9.17, 15) is 19.0 Å². The Labute approximate surface area is 95.9 Å². The topological polar surface area (TPSA) is 40.5 Å². The van der Waals surface area contributed by atoms with E-state index in [1.807, 2.05) is 0 Å². The van der Waals surface area contributed by atoms with Crippen LogP contribution < -0.4 is 0 Å². The predicted octanol–water partition coefficient (Wildman–Crippen LogP) is 1.94. The molecule has 2 unspecified atom stereocenters. The van der Waals surface area contributed by atoms with Crippen molar-refractivity contribution in [3.05, 3.63) is 34.4 Å². The summed E-state index contributed by atoms with van der Waals surface area (Å²) in [7, 11) is 0. The van der Waals surface area contributed by atoms with Gasteiger partial charge in [0.1, 0.15) is 17.7 Å². The molecule has 15 heavy (non-hydrogen) atoms. The minimum Gasteiger partial charge on any atom is -0.389 e. The maximum Gasteiger partial charge on any atom is 0.133 e. The Kier molecular flexibility index (Phi) is 4.33. The lowest BCUT2D eigenvalue weighted by molar-refractivity contribution is 0.0291. The van der Waals surface area contributed by atoms with E-state index in [4.69, 9.17) is 11.6 Å². The van der Waals surface area contributed by atoms with Crippen molar-refractivity contribution in [1.82, 2.24) is 0 Å². The van der Waals surface area contributed by atoms with Crippen molar-refractivity contribution in [2.45, 2.75) is 12.2 Å². The molecule has 2 nitrogen and oxygen atoms in total. The summed E-state index contributed by atoms with van der Waals surface area (Å²) >= 11 is 9.11. The first-order chi connectivity index (χ1) is 6.97. The van der Waals surface area contributed by atoms with Gasteiger partial charge in [0.15, 0.2) is 0 Å².